The number of rotatable bonds is 3. The van der Waals surface area contributed by atoms with E-state index in [-0.39, 0.29) is 0 Å². The summed E-state index contributed by atoms with van der Waals surface area (Å²) in [5.74, 6) is 0. The van der Waals surface area contributed by atoms with Crippen molar-refractivity contribution >= 4 is 5.69 Å². The van der Waals surface area contributed by atoms with Crippen molar-refractivity contribution in [3.63, 3.8) is 0 Å². The Kier molecular flexibility index (Phi) is 3.55. The highest BCUT2D eigenvalue weighted by atomic mass is 16.3. The number of hydrogen-bond acceptors (Lipinski definition) is 2. The molecule has 0 radical (unpaired) electrons. The highest BCUT2D eigenvalue weighted by molar-refractivity contribution is 5.60. The third-order valence-corrected chi connectivity index (χ3v) is 4.55. The van der Waals surface area contributed by atoms with E-state index in [0.29, 0.717) is 18.7 Å². The lowest BCUT2D eigenvalue weighted by atomic mass is 9.93. The molecule has 1 aromatic carbocycles. The van der Waals surface area contributed by atoms with Gasteiger partial charge in [-0.25, -0.2) is 0 Å². The fourth-order valence-electron chi connectivity index (χ4n) is 3.73. The number of anilines is 1. The van der Waals surface area contributed by atoms with Crippen LogP contribution in [0.3, 0.4) is 0 Å². The highest BCUT2D eigenvalue weighted by Crippen LogP contribution is 2.38. The molecule has 0 amide bonds. The first kappa shape index (κ1) is 12.0. The van der Waals surface area contributed by atoms with Crippen molar-refractivity contribution in [2.45, 2.75) is 57.0 Å². The number of benzene rings is 1. The van der Waals surface area contributed by atoms with Gasteiger partial charge in [0.1, 0.15) is 0 Å². The molecule has 1 heterocycles. The van der Waals surface area contributed by atoms with Gasteiger partial charge in [0.15, 0.2) is 0 Å². The molecule has 2 heteroatoms. The number of para-hydroxylation sites is 1. The first-order valence-corrected chi connectivity index (χ1v) is 7.37. The zero-order valence-corrected chi connectivity index (χ0v) is 11.0. The van der Waals surface area contributed by atoms with Crippen molar-refractivity contribution in [3.8, 4) is 0 Å². The summed E-state index contributed by atoms with van der Waals surface area (Å²) in [6.45, 7) is 0.307. The Labute approximate surface area is 110 Å². The van der Waals surface area contributed by atoms with E-state index in [1.54, 1.807) is 0 Å². The average Bonchev–Trinajstić information content (AvgIpc) is 2.78. The maximum Gasteiger partial charge on any atom is 0.0450 e. The van der Waals surface area contributed by atoms with Crippen LogP contribution in [0, 0.1) is 0 Å². The van der Waals surface area contributed by atoms with Crippen LogP contribution in [-0.4, -0.2) is 23.8 Å². The molecule has 1 saturated carbocycles. The van der Waals surface area contributed by atoms with Gasteiger partial charge in [-0.3, -0.25) is 0 Å². The van der Waals surface area contributed by atoms with Gasteiger partial charge >= 0.3 is 0 Å². The van der Waals surface area contributed by atoms with E-state index in [2.05, 4.69) is 29.2 Å². The number of aliphatic hydroxyl groups is 1. The maximum atomic E-state index is 9.30. The minimum atomic E-state index is 0.307. The lowest BCUT2D eigenvalue weighted by Gasteiger charge is -2.38. The molecule has 2 nitrogen and oxygen atoms in total. The SMILES string of the molecule is OCCC1Cc2ccccc2N1C1CCCCC1. The van der Waals surface area contributed by atoms with Gasteiger partial charge in [0.05, 0.1) is 0 Å². The van der Waals surface area contributed by atoms with Crippen LogP contribution in [0.15, 0.2) is 24.3 Å². The molecule has 0 bridgehead atoms. The lowest BCUT2D eigenvalue weighted by Crippen LogP contribution is -2.42. The fraction of sp³-hybridized carbons (Fsp3) is 0.625. The molecular weight excluding hydrogens is 222 g/mol. The third kappa shape index (κ3) is 2.14. The Balaban J connectivity index is 1.86. The monoisotopic (exact) mass is 245 g/mol. The Morgan fingerprint density at radius 1 is 1.11 bits per heavy atom. The second-order valence-corrected chi connectivity index (χ2v) is 5.70. The van der Waals surface area contributed by atoms with Gasteiger partial charge in [-0.2, -0.15) is 0 Å². The molecule has 1 N–H and O–H groups in total. The molecule has 0 saturated heterocycles. The van der Waals surface area contributed by atoms with Gasteiger partial charge in [-0.1, -0.05) is 37.5 Å². The zero-order chi connectivity index (χ0) is 12.4. The second-order valence-electron chi connectivity index (χ2n) is 5.70. The Morgan fingerprint density at radius 2 is 1.89 bits per heavy atom. The fourth-order valence-corrected chi connectivity index (χ4v) is 3.73. The van der Waals surface area contributed by atoms with Gasteiger partial charge in [0, 0.05) is 24.4 Å². The normalized spacial score (nSPS) is 24.3. The van der Waals surface area contributed by atoms with E-state index in [4.69, 9.17) is 0 Å². The van der Waals surface area contributed by atoms with Crippen molar-refractivity contribution in [1.82, 2.24) is 0 Å². The highest BCUT2D eigenvalue weighted by Gasteiger charge is 2.33. The van der Waals surface area contributed by atoms with E-state index >= 15 is 0 Å². The average molecular weight is 245 g/mol. The van der Waals surface area contributed by atoms with Gasteiger partial charge < -0.3 is 10.0 Å². The smallest absolute Gasteiger partial charge is 0.0450 e. The van der Waals surface area contributed by atoms with Crippen molar-refractivity contribution in [2.24, 2.45) is 0 Å². The van der Waals surface area contributed by atoms with Crippen LogP contribution in [0.1, 0.15) is 44.1 Å². The van der Waals surface area contributed by atoms with E-state index in [1.165, 1.54) is 43.4 Å². The summed E-state index contributed by atoms with van der Waals surface area (Å²) in [5.41, 5.74) is 2.91. The summed E-state index contributed by atoms with van der Waals surface area (Å²) in [6, 6.07) is 10.0. The molecule has 3 rings (SSSR count). The quantitative estimate of drug-likeness (QED) is 0.884. The van der Waals surface area contributed by atoms with Crippen molar-refractivity contribution in [1.29, 1.82) is 0 Å². The molecule has 1 aromatic rings. The first-order valence-electron chi connectivity index (χ1n) is 7.37. The van der Waals surface area contributed by atoms with Crippen LogP contribution < -0.4 is 4.90 Å². The van der Waals surface area contributed by atoms with Crippen LogP contribution in [0.5, 0.6) is 0 Å². The minimum absolute atomic E-state index is 0.307. The van der Waals surface area contributed by atoms with Crippen molar-refractivity contribution in [3.05, 3.63) is 29.8 Å². The van der Waals surface area contributed by atoms with E-state index in [0.717, 1.165) is 12.8 Å². The molecule has 0 aromatic heterocycles. The molecule has 98 valence electrons. The molecule has 0 spiro atoms. The predicted octanol–water partition coefficient (Wildman–Crippen LogP) is 3.13. The summed E-state index contributed by atoms with van der Waals surface area (Å²) in [4.78, 5) is 2.63. The molecule has 1 fully saturated rings. The van der Waals surface area contributed by atoms with Gasteiger partial charge in [-0.05, 0) is 37.3 Å². The largest absolute Gasteiger partial charge is 0.396 e. The van der Waals surface area contributed by atoms with Gasteiger partial charge in [0.2, 0.25) is 0 Å². The summed E-state index contributed by atoms with van der Waals surface area (Å²) < 4.78 is 0. The molecule has 2 aliphatic rings. The van der Waals surface area contributed by atoms with Crippen LogP contribution >= 0.6 is 0 Å². The van der Waals surface area contributed by atoms with Crippen LogP contribution in [0.2, 0.25) is 0 Å². The van der Waals surface area contributed by atoms with Gasteiger partial charge in [-0.15, -0.1) is 0 Å². The Morgan fingerprint density at radius 3 is 2.67 bits per heavy atom. The minimum Gasteiger partial charge on any atom is -0.396 e. The van der Waals surface area contributed by atoms with Crippen LogP contribution in [0.4, 0.5) is 5.69 Å². The Bertz CT molecular complexity index is 393. The summed E-state index contributed by atoms with van der Waals surface area (Å²) >= 11 is 0. The predicted molar refractivity (Wildman–Crippen MR) is 75.0 cm³/mol. The molecular formula is C16H23NO. The van der Waals surface area contributed by atoms with Gasteiger partial charge in [0.25, 0.3) is 0 Å². The lowest BCUT2D eigenvalue weighted by molar-refractivity contribution is 0.267. The third-order valence-electron chi connectivity index (χ3n) is 4.55. The number of nitrogens with zero attached hydrogens (tertiary/aromatic N) is 1. The number of aliphatic hydroxyl groups excluding tert-OH is 1. The van der Waals surface area contributed by atoms with Crippen molar-refractivity contribution < 1.29 is 5.11 Å². The van der Waals surface area contributed by atoms with Crippen molar-refractivity contribution in [2.75, 3.05) is 11.5 Å². The first-order chi connectivity index (χ1) is 8.90. The number of fused-ring (bicyclic) bond motifs is 1. The molecule has 1 aliphatic heterocycles. The zero-order valence-electron chi connectivity index (χ0n) is 11.0. The van der Waals surface area contributed by atoms with E-state index in [1.807, 2.05) is 0 Å². The van der Waals surface area contributed by atoms with Crippen LogP contribution in [-0.2, 0) is 6.42 Å². The van der Waals surface area contributed by atoms with Crippen LogP contribution in [0.25, 0.3) is 0 Å². The topological polar surface area (TPSA) is 23.5 Å². The maximum absolute atomic E-state index is 9.30. The summed E-state index contributed by atoms with van der Waals surface area (Å²) in [6.07, 6.45) is 8.83. The molecule has 1 aliphatic carbocycles. The Hall–Kier alpha value is -1.02. The molecule has 1 unspecified atom stereocenters. The molecule has 18 heavy (non-hydrogen) atoms. The summed E-state index contributed by atoms with van der Waals surface area (Å²) in [5, 5.41) is 9.30. The number of hydrogen-bond donors (Lipinski definition) is 1. The van der Waals surface area contributed by atoms with E-state index in [9.17, 15) is 5.11 Å². The molecule has 1 atom stereocenters. The summed E-state index contributed by atoms with van der Waals surface area (Å²) in [7, 11) is 0. The van der Waals surface area contributed by atoms with E-state index < -0.39 is 0 Å². The standard InChI is InChI=1S/C16H23NO/c18-11-10-15-12-13-6-4-5-9-16(13)17(15)14-7-2-1-3-8-14/h4-6,9,14-15,18H,1-3,7-8,10-12H2. The second kappa shape index (κ2) is 5.31.